The summed E-state index contributed by atoms with van der Waals surface area (Å²) in [7, 11) is -4.52. The molecule has 0 radical (unpaired) electrons. The molecule has 2 aliphatic heterocycles. The molecule has 0 aliphatic carbocycles. The van der Waals surface area contributed by atoms with Gasteiger partial charge in [-0.2, -0.15) is 5.26 Å². The average Bonchev–Trinajstić information content (AvgIpc) is 3.53. The molecule has 3 aromatic carbocycles. The normalized spacial score (nSPS) is 17.8. The Hall–Kier alpha value is -4.40. The third kappa shape index (κ3) is 5.75. The number of hydrogen-bond acceptors (Lipinski definition) is 6. The van der Waals surface area contributed by atoms with Crippen LogP contribution < -0.4 is 15.4 Å². The van der Waals surface area contributed by atoms with Crippen LogP contribution in [0.25, 0.3) is 0 Å². The Morgan fingerprint density at radius 1 is 1.07 bits per heavy atom. The molecule has 2 aliphatic rings. The number of rotatable bonds is 8. The predicted octanol–water partition coefficient (Wildman–Crippen LogP) is 3.93. The summed E-state index contributed by atoms with van der Waals surface area (Å²) in [5.41, 5.74) is 8.31. The molecule has 1 saturated heterocycles. The molecule has 3 atom stereocenters. The van der Waals surface area contributed by atoms with Gasteiger partial charge in [0.05, 0.1) is 39.7 Å². The molecule has 5 rings (SSSR count). The highest BCUT2D eigenvalue weighted by Crippen LogP contribution is 2.42. The Morgan fingerprint density at radius 2 is 1.73 bits per heavy atom. The summed E-state index contributed by atoms with van der Waals surface area (Å²) in [5, 5.41) is 12.4. The summed E-state index contributed by atoms with van der Waals surface area (Å²) >= 11 is 6.29. The number of primary amides is 1. The van der Waals surface area contributed by atoms with Gasteiger partial charge in [0.1, 0.15) is 6.04 Å². The minimum absolute atomic E-state index is 0.00690. The number of nitrogens with one attached hydrogen (secondary N) is 1. The van der Waals surface area contributed by atoms with Gasteiger partial charge >= 0.3 is 0 Å². The molecule has 0 spiro atoms. The maximum absolute atomic E-state index is 14.6. The van der Waals surface area contributed by atoms with Gasteiger partial charge in [0, 0.05) is 18.1 Å². The van der Waals surface area contributed by atoms with Crippen molar-refractivity contribution in [2.45, 2.75) is 44.0 Å². The lowest BCUT2D eigenvalue weighted by atomic mass is 9.79. The van der Waals surface area contributed by atoms with E-state index < -0.39 is 45.6 Å². The average molecular weight is 634 g/mol. The van der Waals surface area contributed by atoms with E-state index in [1.54, 1.807) is 61.2 Å². The van der Waals surface area contributed by atoms with Crippen LogP contribution in [0.3, 0.4) is 0 Å². The van der Waals surface area contributed by atoms with Gasteiger partial charge in [-0.05, 0) is 86.2 Å². The highest BCUT2D eigenvalue weighted by Gasteiger charge is 2.52. The van der Waals surface area contributed by atoms with E-state index in [2.05, 4.69) is 5.32 Å². The fourth-order valence-corrected chi connectivity index (χ4v) is 8.21. The maximum Gasteiger partial charge on any atom is 0.265 e. The van der Waals surface area contributed by atoms with E-state index in [0.717, 1.165) is 17.1 Å². The number of carbonyl (C=O) groups is 3. The Balaban J connectivity index is 1.70. The number of anilines is 2. The van der Waals surface area contributed by atoms with Crippen LogP contribution in [-0.2, 0) is 30.8 Å². The van der Waals surface area contributed by atoms with Crippen molar-refractivity contribution in [3.8, 4) is 6.07 Å². The van der Waals surface area contributed by atoms with Crippen molar-refractivity contribution < 1.29 is 22.8 Å². The van der Waals surface area contributed by atoms with Crippen LogP contribution in [-0.4, -0.2) is 50.2 Å². The number of hydrogen-bond donors (Lipinski definition) is 2. The summed E-state index contributed by atoms with van der Waals surface area (Å²) in [6.07, 6.45) is 1.56. The van der Waals surface area contributed by atoms with Crippen LogP contribution >= 0.6 is 11.6 Å². The van der Waals surface area contributed by atoms with Gasteiger partial charge in [0.15, 0.2) is 0 Å². The van der Waals surface area contributed by atoms with Crippen molar-refractivity contribution in [3.63, 3.8) is 0 Å². The first-order chi connectivity index (χ1) is 20.9. The highest BCUT2D eigenvalue weighted by molar-refractivity contribution is 7.93. The Labute approximate surface area is 261 Å². The van der Waals surface area contributed by atoms with Crippen LogP contribution in [0.1, 0.15) is 35.1 Å². The number of fused-ring (bicyclic) bond motifs is 1. The summed E-state index contributed by atoms with van der Waals surface area (Å²) in [6, 6.07) is 16.2. The van der Waals surface area contributed by atoms with E-state index in [0.29, 0.717) is 40.4 Å². The van der Waals surface area contributed by atoms with E-state index in [9.17, 15) is 28.1 Å². The molecule has 1 fully saturated rings. The number of nitriles is 1. The number of likely N-dealkylation sites (tertiary alicyclic amines) is 1. The van der Waals surface area contributed by atoms with Crippen molar-refractivity contribution in [2.24, 2.45) is 17.6 Å². The molecule has 2 heterocycles. The SMILES string of the molecule is Cc1cc(S(=O)(=O)N2c3ccccc3NC(=O)[C@H]2C(C(N)=O)[C@@H](Cc2ccc(C#N)cc2)C(=O)N2CCCC2)c(C)cc1Cl. The molecular weight excluding hydrogens is 602 g/mol. The first-order valence-corrected chi connectivity index (χ1v) is 16.0. The van der Waals surface area contributed by atoms with Gasteiger partial charge in [-0.25, -0.2) is 8.42 Å². The molecule has 44 heavy (non-hydrogen) atoms. The number of halogens is 1. The van der Waals surface area contributed by atoms with Crippen molar-refractivity contribution >= 4 is 50.7 Å². The monoisotopic (exact) mass is 633 g/mol. The topological polar surface area (TPSA) is 154 Å². The standard InChI is InChI=1S/C32H32ClN5O5S/c1-19-16-27(20(2)15-24(19)33)44(42,43)38-26-8-4-3-7-25(26)36-31(40)29(38)28(30(35)39)23(32(41)37-13-5-6-14-37)17-21-9-11-22(18-34)12-10-21/h3-4,7-12,15-16,23,28-29H,5-6,13-14,17H2,1-2H3,(H2,35,39)(H,36,40)/t23-,28?,29-/m1/s1. The number of benzene rings is 3. The minimum atomic E-state index is -4.52. The molecule has 12 heteroatoms. The molecule has 0 bridgehead atoms. The second kappa shape index (κ2) is 12.3. The molecule has 10 nitrogen and oxygen atoms in total. The van der Waals surface area contributed by atoms with Gasteiger partial charge in [0.2, 0.25) is 17.7 Å². The van der Waals surface area contributed by atoms with E-state index in [-0.39, 0.29) is 22.7 Å². The number of amides is 3. The van der Waals surface area contributed by atoms with E-state index >= 15 is 0 Å². The van der Waals surface area contributed by atoms with Gasteiger partial charge in [-0.1, -0.05) is 35.9 Å². The van der Waals surface area contributed by atoms with Crippen LogP contribution in [0, 0.1) is 37.0 Å². The van der Waals surface area contributed by atoms with Crippen molar-refractivity contribution in [2.75, 3.05) is 22.7 Å². The minimum Gasteiger partial charge on any atom is -0.369 e. The predicted molar refractivity (Wildman–Crippen MR) is 166 cm³/mol. The summed E-state index contributed by atoms with van der Waals surface area (Å²) in [6.45, 7) is 4.21. The Kier molecular flexibility index (Phi) is 8.68. The van der Waals surface area contributed by atoms with Gasteiger partial charge < -0.3 is 16.0 Å². The fraction of sp³-hybridized carbons (Fsp3) is 0.312. The summed E-state index contributed by atoms with van der Waals surface area (Å²) < 4.78 is 30.2. The number of nitrogens with two attached hydrogens (primary N) is 1. The number of para-hydroxylation sites is 2. The molecular formula is C32H32ClN5O5S. The first kappa shape index (κ1) is 31.0. The lowest BCUT2D eigenvalue weighted by Gasteiger charge is -2.42. The van der Waals surface area contributed by atoms with Crippen molar-refractivity contribution in [1.29, 1.82) is 5.26 Å². The molecule has 3 aromatic rings. The zero-order valence-electron chi connectivity index (χ0n) is 24.3. The van der Waals surface area contributed by atoms with Crippen LogP contribution in [0.5, 0.6) is 0 Å². The van der Waals surface area contributed by atoms with Gasteiger partial charge in [0.25, 0.3) is 10.0 Å². The molecule has 3 N–H and O–H groups in total. The first-order valence-electron chi connectivity index (χ1n) is 14.2. The van der Waals surface area contributed by atoms with Crippen molar-refractivity contribution in [3.05, 3.63) is 87.9 Å². The molecule has 0 aromatic heterocycles. The third-order valence-electron chi connectivity index (χ3n) is 8.29. The van der Waals surface area contributed by atoms with Gasteiger partial charge in [-0.3, -0.25) is 18.7 Å². The highest BCUT2D eigenvalue weighted by atomic mass is 35.5. The lowest BCUT2D eigenvalue weighted by Crippen LogP contribution is -2.60. The third-order valence-corrected chi connectivity index (χ3v) is 10.6. The number of aryl methyl sites for hydroxylation is 2. The molecule has 228 valence electrons. The Bertz CT molecular complexity index is 1780. The van der Waals surface area contributed by atoms with Crippen LogP contribution in [0.15, 0.2) is 65.6 Å². The maximum atomic E-state index is 14.6. The molecule has 0 saturated carbocycles. The van der Waals surface area contributed by atoms with Crippen molar-refractivity contribution in [1.82, 2.24) is 4.90 Å². The zero-order chi connectivity index (χ0) is 31.8. The summed E-state index contributed by atoms with van der Waals surface area (Å²) in [5.74, 6) is -4.88. The summed E-state index contributed by atoms with van der Waals surface area (Å²) in [4.78, 5) is 43.1. The number of carbonyl (C=O) groups excluding carboxylic acids is 3. The van der Waals surface area contributed by atoms with E-state index in [1.165, 1.54) is 18.2 Å². The molecule has 1 unspecified atom stereocenters. The number of nitrogens with zero attached hydrogens (tertiary/aromatic N) is 3. The van der Waals surface area contributed by atoms with E-state index in [4.69, 9.17) is 17.3 Å². The van der Waals surface area contributed by atoms with Crippen LogP contribution in [0.4, 0.5) is 11.4 Å². The molecule has 3 amide bonds. The van der Waals surface area contributed by atoms with Gasteiger partial charge in [-0.15, -0.1) is 0 Å². The Morgan fingerprint density at radius 3 is 2.36 bits per heavy atom. The van der Waals surface area contributed by atoms with Crippen LogP contribution in [0.2, 0.25) is 5.02 Å². The largest absolute Gasteiger partial charge is 0.369 e. The second-order valence-corrected chi connectivity index (χ2v) is 13.4. The fourth-order valence-electron chi connectivity index (χ4n) is 6.04. The second-order valence-electron chi connectivity index (χ2n) is 11.2. The lowest BCUT2D eigenvalue weighted by molar-refractivity contribution is -0.142. The quantitative estimate of drug-likeness (QED) is 0.383. The smallest absolute Gasteiger partial charge is 0.265 e. The number of sulfonamides is 1. The van der Waals surface area contributed by atoms with E-state index in [1.807, 2.05) is 6.07 Å². The zero-order valence-corrected chi connectivity index (χ0v) is 25.9.